The highest BCUT2D eigenvalue weighted by Crippen LogP contribution is 2.18. The highest BCUT2D eigenvalue weighted by atomic mass is 16.5. The van der Waals surface area contributed by atoms with Crippen molar-refractivity contribution in [2.24, 2.45) is 5.92 Å². The quantitative estimate of drug-likeness (QED) is 0.796. The summed E-state index contributed by atoms with van der Waals surface area (Å²) in [5.74, 6) is 0.346. The Bertz CT molecular complexity index is 400. The Morgan fingerprint density at radius 2 is 1.84 bits per heavy atom. The number of hydrogen-bond acceptors (Lipinski definition) is 3. The van der Waals surface area contributed by atoms with Gasteiger partial charge in [0.15, 0.2) is 0 Å². The normalized spacial score (nSPS) is 14.2. The summed E-state index contributed by atoms with van der Waals surface area (Å²) in [4.78, 5) is 11.2. The molecule has 0 spiro atoms. The van der Waals surface area contributed by atoms with Gasteiger partial charge in [0.2, 0.25) is 0 Å². The zero-order chi connectivity index (χ0) is 14.4. The summed E-state index contributed by atoms with van der Waals surface area (Å²) in [5, 5.41) is 12.4. The number of rotatable bonds is 7. The number of carboxylic acids is 1. The van der Waals surface area contributed by atoms with Crippen molar-refractivity contribution in [3.8, 4) is 5.75 Å². The first kappa shape index (κ1) is 15.5. The van der Waals surface area contributed by atoms with Crippen LogP contribution in [0.4, 0.5) is 0 Å². The van der Waals surface area contributed by atoms with E-state index < -0.39 is 12.0 Å². The summed E-state index contributed by atoms with van der Waals surface area (Å²) in [7, 11) is 1.62. The number of benzene rings is 1. The van der Waals surface area contributed by atoms with Crippen LogP contribution in [0.1, 0.15) is 38.8 Å². The molecular weight excluding hydrogens is 242 g/mol. The maximum absolute atomic E-state index is 11.2. The van der Waals surface area contributed by atoms with Crippen molar-refractivity contribution in [1.82, 2.24) is 5.32 Å². The Labute approximate surface area is 114 Å². The van der Waals surface area contributed by atoms with Crippen molar-refractivity contribution in [3.63, 3.8) is 0 Å². The fraction of sp³-hybridized carbons (Fsp3) is 0.533. The number of nitrogens with one attached hydrogen (secondary N) is 1. The van der Waals surface area contributed by atoms with Crippen LogP contribution in [0, 0.1) is 5.92 Å². The van der Waals surface area contributed by atoms with Gasteiger partial charge in [-0.2, -0.15) is 0 Å². The van der Waals surface area contributed by atoms with E-state index in [1.54, 1.807) is 7.11 Å². The van der Waals surface area contributed by atoms with Crippen LogP contribution >= 0.6 is 0 Å². The number of carbonyl (C=O) groups is 1. The van der Waals surface area contributed by atoms with Gasteiger partial charge in [0, 0.05) is 6.04 Å². The second-order valence-electron chi connectivity index (χ2n) is 5.18. The van der Waals surface area contributed by atoms with E-state index >= 15 is 0 Å². The molecule has 2 N–H and O–H groups in total. The number of ether oxygens (including phenoxy) is 1. The minimum atomic E-state index is -0.797. The first-order valence-corrected chi connectivity index (χ1v) is 6.56. The SMILES string of the molecule is COc1ccc(C(C)NC(CC(C)C)C(=O)O)cc1. The van der Waals surface area contributed by atoms with Gasteiger partial charge in [0.1, 0.15) is 11.8 Å². The third-order valence-corrected chi connectivity index (χ3v) is 3.07. The van der Waals surface area contributed by atoms with Gasteiger partial charge in [-0.05, 0) is 37.0 Å². The van der Waals surface area contributed by atoms with Gasteiger partial charge in [0.05, 0.1) is 7.11 Å². The van der Waals surface area contributed by atoms with Gasteiger partial charge >= 0.3 is 5.97 Å². The fourth-order valence-electron chi connectivity index (χ4n) is 2.00. The molecule has 0 bridgehead atoms. The van der Waals surface area contributed by atoms with Crippen LogP contribution in [-0.2, 0) is 4.79 Å². The second-order valence-corrected chi connectivity index (χ2v) is 5.18. The lowest BCUT2D eigenvalue weighted by molar-refractivity contribution is -0.140. The van der Waals surface area contributed by atoms with Crippen molar-refractivity contribution in [3.05, 3.63) is 29.8 Å². The summed E-state index contributed by atoms with van der Waals surface area (Å²) >= 11 is 0. The molecule has 19 heavy (non-hydrogen) atoms. The Morgan fingerprint density at radius 1 is 1.26 bits per heavy atom. The molecule has 0 heterocycles. The van der Waals surface area contributed by atoms with Crippen molar-refractivity contribution >= 4 is 5.97 Å². The van der Waals surface area contributed by atoms with E-state index in [1.165, 1.54) is 0 Å². The lowest BCUT2D eigenvalue weighted by atomic mass is 10.0. The number of hydrogen-bond donors (Lipinski definition) is 2. The van der Waals surface area contributed by atoms with E-state index in [0.29, 0.717) is 12.3 Å². The predicted molar refractivity (Wildman–Crippen MR) is 75.4 cm³/mol. The standard InChI is InChI=1S/C15H23NO3/c1-10(2)9-14(15(17)18)16-11(3)12-5-7-13(19-4)8-6-12/h5-8,10-11,14,16H,9H2,1-4H3,(H,17,18). The highest BCUT2D eigenvalue weighted by molar-refractivity contribution is 5.73. The van der Waals surface area contributed by atoms with Crippen LogP contribution in [0.3, 0.4) is 0 Å². The summed E-state index contributed by atoms with van der Waals surface area (Å²) in [6.07, 6.45) is 0.621. The van der Waals surface area contributed by atoms with Crippen LogP contribution < -0.4 is 10.1 Å². The van der Waals surface area contributed by atoms with Crippen LogP contribution in [0.15, 0.2) is 24.3 Å². The Morgan fingerprint density at radius 3 is 2.26 bits per heavy atom. The molecule has 0 amide bonds. The van der Waals surface area contributed by atoms with Gasteiger partial charge in [-0.3, -0.25) is 10.1 Å². The molecule has 0 aromatic heterocycles. The maximum Gasteiger partial charge on any atom is 0.320 e. The van der Waals surface area contributed by atoms with Crippen molar-refractivity contribution in [2.75, 3.05) is 7.11 Å². The number of methoxy groups -OCH3 is 1. The summed E-state index contributed by atoms with van der Waals surface area (Å²) in [6.45, 7) is 6.02. The molecule has 2 atom stereocenters. The molecule has 0 radical (unpaired) electrons. The molecule has 1 aromatic rings. The van der Waals surface area contributed by atoms with Crippen LogP contribution in [0.2, 0.25) is 0 Å². The lowest BCUT2D eigenvalue weighted by Gasteiger charge is -2.22. The molecule has 1 aromatic carbocycles. The van der Waals surface area contributed by atoms with Crippen molar-refractivity contribution < 1.29 is 14.6 Å². The molecule has 0 saturated carbocycles. The summed E-state index contributed by atoms with van der Waals surface area (Å²) < 4.78 is 5.11. The molecule has 0 aliphatic carbocycles. The smallest absolute Gasteiger partial charge is 0.320 e. The molecule has 0 fully saturated rings. The van der Waals surface area contributed by atoms with E-state index in [-0.39, 0.29) is 6.04 Å². The first-order chi connectivity index (χ1) is 8.93. The molecule has 4 nitrogen and oxygen atoms in total. The van der Waals surface area contributed by atoms with E-state index in [4.69, 9.17) is 4.74 Å². The minimum Gasteiger partial charge on any atom is -0.497 e. The molecular formula is C15H23NO3. The molecule has 1 rings (SSSR count). The summed E-state index contributed by atoms with van der Waals surface area (Å²) in [5.41, 5.74) is 1.05. The minimum absolute atomic E-state index is 0.00856. The van der Waals surface area contributed by atoms with E-state index in [2.05, 4.69) is 5.32 Å². The lowest BCUT2D eigenvalue weighted by Crippen LogP contribution is -2.39. The average molecular weight is 265 g/mol. The Kier molecular flexibility index (Phi) is 5.83. The van der Waals surface area contributed by atoms with Crippen LogP contribution in [0.5, 0.6) is 5.75 Å². The van der Waals surface area contributed by atoms with Gasteiger partial charge in [-0.15, -0.1) is 0 Å². The Hall–Kier alpha value is -1.55. The molecule has 0 aliphatic rings. The molecule has 2 unspecified atom stereocenters. The summed E-state index contributed by atoms with van der Waals surface area (Å²) in [6, 6.07) is 7.13. The van der Waals surface area contributed by atoms with Gasteiger partial charge in [0.25, 0.3) is 0 Å². The Balaban J connectivity index is 2.69. The van der Waals surface area contributed by atoms with Gasteiger partial charge in [-0.1, -0.05) is 26.0 Å². The average Bonchev–Trinajstić information content (AvgIpc) is 2.37. The van der Waals surface area contributed by atoms with E-state index in [9.17, 15) is 9.90 Å². The largest absolute Gasteiger partial charge is 0.497 e. The second kappa shape index (κ2) is 7.14. The number of aliphatic carboxylic acids is 1. The third kappa shape index (κ3) is 4.91. The zero-order valence-electron chi connectivity index (χ0n) is 12.0. The third-order valence-electron chi connectivity index (χ3n) is 3.07. The fourth-order valence-corrected chi connectivity index (χ4v) is 2.00. The number of carboxylic acid groups (broad SMARTS) is 1. The first-order valence-electron chi connectivity index (χ1n) is 6.56. The molecule has 0 saturated heterocycles. The highest BCUT2D eigenvalue weighted by Gasteiger charge is 2.21. The van der Waals surface area contributed by atoms with Crippen LogP contribution in [0.25, 0.3) is 0 Å². The van der Waals surface area contributed by atoms with Gasteiger partial charge in [-0.25, -0.2) is 0 Å². The van der Waals surface area contributed by atoms with Gasteiger partial charge < -0.3 is 9.84 Å². The zero-order valence-corrected chi connectivity index (χ0v) is 12.0. The molecule has 0 aliphatic heterocycles. The predicted octanol–water partition coefficient (Wildman–Crippen LogP) is 2.85. The molecule has 106 valence electrons. The monoisotopic (exact) mass is 265 g/mol. The maximum atomic E-state index is 11.2. The topological polar surface area (TPSA) is 58.6 Å². The van der Waals surface area contributed by atoms with Crippen molar-refractivity contribution in [1.29, 1.82) is 0 Å². The van der Waals surface area contributed by atoms with Crippen molar-refractivity contribution in [2.45, 2.75) is 39.3 Å². The van der Waals surface area contributed by atoms with E-state index in [1.807, 2.05) is 45.0 Å². The molecule has 4 heteroatoms. The van der Waals surface area contributed by atoms with E-state index in [0.717, 1.165) is 11.3 Å². The van der Waals surface area contributed by atoms with Crippen LogP contribution in [-0.4, -0.2) is 24.2 Å².